The summed E-state index contributed by atoms with van der Waals surface area (Å²) in [4.78, 5) is 0. The predicted molar refractivity (Wildman–Crippen MR) is 47.1 cm³/mol. The molecule has 0 saturated carbocycles. The Morgan fingerprint density at radius 3 is 2.31 bits per heavy atom. The Morgan fingerprint density at radius 2 is 2.00 bits per heavy atom. The van der Waals surface area contributed by atoms with Gasteiger partial charge in [-0.25, -0.2) is 0 Å². The van der Waals surface area contributed by atoms with Crippen LogP contribution in [-0.4, -0.2) is 12.2 Å². The quantitative estimate of drug-likeness (QED) is 0.681. The molecule has 0 aliphatic heterocycles. The molecule has 74 valence electrons. The first-order valence-corrected chi connectivity index (χ1v) is 3.71. The SMILES string of the molecule is C=C/C=C\C(=C/C)[C@H](N)C(F)(F)F. The maximum Gasteiger partial charge on any atom is 0.407 e. The minimum atomic E-state index is -4.40. The molecule has 2 N–H and O–H groups in total. The average Bonchev–Trinajstić information content (AvgIpc) is 2.04. The summed E-state index contributed by atoms with van der Waals surface area (Å²) in [5, 5.41) is 0. The number of alkyl halides is 3. The van der Waals surface area contributed by atoms with Gasteiger partial charge in [-0.3, -0.25) is 0 Å². The van der Waals surface area contributed by atoms with Gasteiger partial charge in [0, 0.05) is 0 Å². The highest BCUT2D eigenvalue weighted by Gasteiger charge is 2.37. The molecule has 13 heavy (non-hydrogen) atoms. The number of hydrogen-bond acceptors (Lipinski definition) is 1. The van der Waals surface area contributed by atoms with E-state index in [9.17, 15) is 13.2 Å². The lowest BCUT2D eigenvalue weighted by Crippen LogP contribution is -2.38. The zero-order valence-corrected chi connectivity index (χ0v) is 7.31. The van der Waals surface area contributed by atoms with Crippen LogP contribution in [0.5, 0.6) is 0 Å². The third kappa shape index (κ3) is 3.94. The zero-order valence-electron chi connectivity index (χ0n) is 7.31. The predicted octanol–water partition coefficient (Wildman–Crippen LogP) is 2.56. The van der Waals surface area contributed by atoms with Crippen molar-refractivity contribution >= 4 is 0 Å². The van der Waals surface area contributed by atoms with Crippen LogP contribution in [0.15, 0.2) is 36.5 Å². The fraction of sp³-hybridized carbons (Fsp3) is 0.333. The van der Waals surface area contributed by atoms with Gasteiger partial charge >= 0.3 is 6.18 Å². The maximum atomic E-state index is 12.1. The van der Waals surface area contributed by atoms with E-state index in [0.29, 0.717) is 0 Å². The molecule has 0 saturated heterocycles. The third-order valence-corrected chi connectivity index (χ3v) is 1.47. The van der Waals surface area contributed by atoms with Gasteiger partial charge in [0.05, 0.1) is 0 Å². The van der Waals surface area contributed by atoms with Crippen molar-refractivity contribution in [1.29, 1.82) is 0 Å². The number of rotatable bonds is 3. The van der Waals surface area contributed by atoms with Crippen LogP contribution in [0.4, 0.5) is 13.2 Å². The summed E-state index contributed by atoms with van der Waals surface area (Å²) in [6.45, 7) is 4.86. The van der Waals surface area contributed by atoms with Crippen molar-refractivity contribution < 1.29 is 13.2 Å². The van der Waals surface area contributed by atoms with Crippen molar-refractivity contribution in [3.05, 3.63) is 36.5 Å². The second-order valence-corrected chi connectivity index (χ2v) is 2.40. The summed E-state index contributed by atoms with van der Waals surface area (Å²) < 4.78 is 36.3. The molecule has 0 aliphatic rings. The van der Waals surface area contributed by atoms with Gasteiger partial charge in [0.2, 0.25) is 0 Å². The number of halogens is 3. The van der Waals surface area contributed by atoms with Crippen molar-refractivity contribution in [2.75, 3.05) is 0 Å². The highest BCUT2D eigenvalue weighted by atomic mass is 19.4. The molecule has 0 radical (unpaired) electrons. The standard InChI is InChI=1S/C9H12F3N/c1-3-5-6-7(4-2)8(13)9(10,11)12/h3-6,8H,1,13H2,2H3/b6-5-,7-4+/t8-/m0/s1. The van der Waals surface area contributed by atoms with E-state index in [1.165, 1.54) is 31.2 Å². The molecule has 0 unspecified atom stereocenters. The number of hydrogen-bond donors (Lipinski definition) is 1. The Hall–Kier alpha value is -1.03. The van der Waals surface area contributed by atoms with Crippen LogP contribution < -0.4 is 5.73 Å². The Bertz CT molecular complexity index is 226. The Kier molecular flexibility index (Phi) is 4.48. The van der Waals surface area contributed by atoms with E-state index in [4.69, 9.17) is 5.73 Å². The first kappa shape index (κ1) is 12.0. The Labute approximate surface area is 75.4 Å². The lowest BCUT2D eigenvalue weighted by Gasteiger charge is -2.16. The van der Waals surface area contributed by atoms with Crippen molar-refractivity contribution in [3.8, 4) is 0 Å². The van der Waals surface area contributed by atoms with Gasteiger partial charge in [-0.05, 0) is 12.5 Å². The highest BCUT2D eigenvalue weighted by molar-refractivity contribution is 5.27. The van der Waals surface area contributed by atoms with Gasteiger partial charge in [0.1, 0.15) is 6.04 Å². The molecule has 0 fully saturated rings. The normalized spacial score (nSPS) is 16.2. The van der Waals surface area contributed by atoms with Gasteiger partial charge in [0.25, 0.3) is 0 Å². The number of nitrogens with two attached hydrogens (primary N) is 1. The van der Waals surface area contributed by atoms with Crippen LogP contribution in [-0.2, 0) is 0 Å². The summed E-state index contributed by atoms with van der Waals surface area (Å²) in [6.07, 6.45) is 1.05. The van der Waals surface area contributed by atoms with Gasteiger partial charge in [-0.15, -0.1) is 0 Å². The minimum absolute atomic E-state index is 0.0346. The first-order valence-electron chi connectivity index (χ1n) is 3.71. The summed E-state index contributed by atoms with van der Waals surface area (Å²) >= 11 is 0. The molecule has 0 aromatic carbocycles. The summed E-state index contributed by atoms with van der Waals surface area (Å²) in [5.41, 5.74) is 5.00. The molecule has 1 nitrogen and oxygen atoms in total. The molecular formula is C9H12F3N. The topological polar surface area (TPSA) is 26.0 Å². The second-order valence-electron chi connectivity index (χ2n) is 2.40. The molecule has 0 rings (SSSR count). The average molecular weight is 191 g/mol. The van der Waals surface area contributed by atoms with Crippen molar-refractivity contribution in [1.82, 2.24) is 0 Å². The van der Waals surface area contributed by atoms with Crippen molar-refractivity contribution in [3.63, 3.8) is 0 Å². The van der Waals surface area contributed by atoms with Crippen molar-refractivity contribution in [2.24, 2.45) is 5.73 Å². The molecule has 0 aliphatic carbocycles. The fourth-order valence-corrected chi connectivity index (χ4v) is 0.748. The van der Waals surface area contributed by atoms with E-state index in [1.54, 1.807) is 0 Å². The summed E-state index contributed by atoms with van der Waals surface area (Å²) in [5.74, 6) is 0. The van der Waals surface area contributed by atoms with E-state index in [0.717, 1.165) is 0 Å². The van der Waals surface area contributed by atoms with E-state index in [-0.39, 0.29) is 5.57 Å². The van der Waals surface area contributed by atoms with E-state index < -0.39 is 12.2 Å². The Morgan fingerprint density at radius 1 is 1.46 bits per heavy atom. The van der Waals surface area contributed by atoms with Crippen molar-refractivity contribution in [2.45, 2.75) is 19.1 Å². The molecule has 4 heteroatoms. The van der Waals surface area contributed by atoms with Crippen LogP contribution in [0, 0.1) is 0 Å². The van der Waals surface area contributed by atoms with Gasteiger partial charge in [-0.2, -0.15) is 13.2 Å². The molecule has 0 aromatic heterocycles. The fourth-order valence-electron chi connectivity index (χ4n) is 0.748. The lowest BCUT2D eigenvalue weighted by molar-refractivity contribution is -0.138. The monoisotopic (exact) mass is 191 g/mol. The maximum absolute atomic E-state index is 12.1. The van der Waals surface area contributed by atoms with E-state index in [2.05, 4.69) is 6.58 Å². The molecule has 0 bridgehead atoms. The molecule has 1 atom stereocenters. The third-order valence-electron chi connectivity index (χ3n) is 1.47. The molecule has 0 amide bonds. The Balaban J connectivity index is 4.62. The lowest BCUT2D eigenvalue weighted by atomic mass is 10.1. The van der Waals surface area contributed by atoms with E-state index >= 15 is 0 Å². The summed E-state index contributed by atoms with van der Waals surface area (Å²) in [6, 6.07) is -1.92. The summed E-state index contributed by atoms with van der Waals surface area (Å²) in [7, 11) is 0. The van der Waals surface area contributed by atoms with Crippen LogP contribution in [0.3, 0.4) is 0 Å². The van der Waals surface area contributed by atoms with Gasteiger partial charge in [0.15, 0.2) is 0 Å². The van der Waals surface area contributed by atoms with Crippen LogP contribution >= 0.6 is 0 Å². The molecule has 0 spiro atoms. The van der Waals surface area contributed by atoms with E-state index in [1.807, 2.05) is 0 Å². The zero-order chi connectivity index (χ0) is 10.5. The molecular weight excluding hydrogens is 179 g/mol. The second kappa shape index (κ2) is 4.87. The highest BCUT2D eigenvalue weighted by Crippen LogP contribution is 2.24. The molecule has 0 aromatic rings. The number of allylic oxidation sites excluding steroid dienone is 3. The van der Waals surface area contributed by atoms with Crippen LogP contribution in [0.2, 0.25) is 0 Å². The smallest absolute Gasteiger partial charge is 0.316 e. The molecule has 0 heterocycles. The van der Waals surface area contributed by atoms with Gasteiger partial charge < -0.3 is 5.73 Å². The van der Waals surface area contributed by atoms with Crippen LogP contribution in [0.1, 0.15) is 6.92 Å². The first-order chi connectivity index (χ1) is 5.93. The van der Waals surface area contributed by atoms with Gasteiger partial charge in [-0.1, -0.05) is 30.9 Å². The van der Waals surface area contributed by atoms with Crippen LogP contribution in [0.25, 0.3) is 0 Å². The largest absolute Gasteiger partial charge is 0.407 e. The minimum Gasteiger partial charge on any atom is -0.316 e.